The van der Waals surface area contributed by atoms with Gasteiger partial charge in [-0.15, -0.1) is 10.2 Å². The molecule has 0 spiro atoms. The molecule has 0 aliphatic rings. The van der Waals surface area contributed by atoms with Gasteiger partial charge in [0.25, 0.3) is 0 Å². The Labute approximate surface area is 108 Å². The Morgan fingerprint density at radius 3 is 2.84 bits per heavy atom. The van der Waals surface area contributed by atoms with Crippen LogP contribution >= 0.6 is 0 Å². The first-order valence-electron chi connectivity index (χ1n) is 5.48. The summed E-state index contributed by atoms with van der Waals surface area (Å²) >= 11 is 0. The molecule has 0 unspecified atom stereocenters. The first-order chi connectivity index (χ1) is 9.17. The van der Waals surface area contributed by atoms with Crippen LogP contribution in [-0.2, 0) is 4.74 Å². The van der Waals surface area contributed by atoms with Gasteiger partial charge in [-0.05, 0) is 19.1 Å². The molecule has 0 radical (unpaired) electrons. The summed E-state index contributed by atoms with van der Waals surface area (Å²) in [4.78, 5) is 11.6. The molecule has 2 heterocycles. The first kappa shape index (κ1) is 12.8. The number of aromatic nitrogens is 4. The zero-order valence-electron chi connectivity index (χ0n) is 10.2. The summed E-state index contributed by atoms with van der Waals surface area (Å²) in [5.41, 5.74) is 8.37. The van der Waals surface area contributed by atoms with Crippen LogP contribution in [0, 0.1) is 0 Å². The number of carbonyl (C=O) groups excluding carboxylic acids is 1. The topological polar surface area (TPSA) is 134 Å². The summed E-state index contributed by atoms with van der Waals surface area (Å²) in [5, 5.41) is 11.6. The Morgan fingerprint density at radius 2 is 2.26 bits per heavy atom. The van der Waals surface area contributed by atoms with Crippen molar-refractivity contribution in [2.75, 3.05) is 17.8 Å². The summed E-state index contributed by atoms with van der Waals surface area (Å²) in [7, 11) is 0. The van der Waals surface area contributed by atoms with Crippen LogP contribution in [0.15, 0.2) is 18.3 Å². The van der Waals surface area contributed by atoms with Gasteiger partial charge in [0.05, 0.1) is 12.8 Å². The zero-order chi connectivity index (χ0) is 13.8. The van der Waals surface area contributed by atoms with Crippen molar-refractivity contribution in [3.8, 4) is 5.82 Å². The predicted molar refractivity (Wildman–Crippen MR) is 67.3 cm³/mol. The molecule has 0 amide bonds. The molecule has 5 N–H and O–H groups in total. The summed E-state index contributed by atoms with van der Waals surface area (Å²) in [6.45, 7) is 1.97. The van der Waals surface area contributed by atoms with E-state index < -0.39 is 5.97 Å². The maximum Gasteiger partial charge on any atom is 0.343 e. The van der Waals surface area contributed by atoms with E-state index in [0.29, 0.717) is 11.6 Å². The largest absolute Gasteiger partial charge is 0.462 e. The molecule has 0 bridgehead atoms. The van der Waals surface area contributed by atoms with Crippen LogP contribution in [0.2, 0.25) is 0 Å². The molecule has 2 rings (SSSR count). The number of esters is 1. The van der Waals surface area contributed by atoms with Crippen molar-refractivity contribution in [3.05, 3.63) is 23.9 Å². The van der Waals surface area contributed by atoms with E-state index in [1.165, 1.54) is 10.9 Å². The van der Waals surface area contributed by atoms with Gasteiger partial charge in [-0.3, -0.25) is 0 Å². The Balaban J connectivity index is 2.32. The van der Waals surface area contributed by atoms with Gasteiger partial charge in [0.15, 0.2) is 11.6 Å². The number of nitrogens with two attached hydrogens (primary N) is 2. The number of rotatable bonds is 4. The highest BCUT2D eigenvalue weighted by Crippen LogP contribution is 2.16. The van der Waals surface area contributed by atoms with Gasteiger partial charge in [0.1, 0.15) is 11.4 Å². The van der Waals surface area contributed by atoms with Gasteiger partial charge in [-0.2, -0.15) is 9.78 Å². The second-order valence-electron chi connectivity index (χ2n) is 3.50. The number of carbonyl (C=O) groups is 1. The summed E-state index contributed by atoms with van der Waals surface area (Å²) in [6, 6.07) is 3.22. The number of hydrogen-bond donors (Lipinski definition) is 3. The van der Waals surface area contributed by atoms with Gasteiger partial charge < -0.3 is 15.9 Å². The van der Waals surface area contributed by atoms with E-state index in [2.05, 4.69) is 20.7 Å². The van der Waals surface area contributed by atoms with Gasteiger partial charge in [0, 0.05) is 0 Å². The molecule has 0 saturated heterocycles. The number of nitrogens with one attached hydrogen (secondary N) is 1. The molecule has 100 valence electrons. The number of hydrogen-bond acceptors (Lipinski definition) is 8. The average molecular weight is 263 g/mol. The molecule has 0 fully saturated rings. The van der Waals surface area contributed by atoms with Gasteiger partial charge in [0.2, 0.25) is 0 Å². The minimum Gasteiger partial charge on any atom is -0.462 e. The Morgan fingerprint density at radius 1 is 1.47 bits per heavy atom. The molecule has 2 aromatic heterocycles. The van der Waals surface area contributed by atoms with E-state index in [4.69, 9.17) is 16.3 Å². The van der Waals surface area contributed by atoms with E-state index in [9.17, 15) is 4.79 Å². The Bertz CT molecular complexity index is 578. The molecule has 9 heteroatoms. The summed E-state index contributed by atoms with van der Waals surface area (Å²) in [6.07, 6.45) is 1.32. The molecule has 0 atom stereocenters. The highest BCUT2D eigenvalue weighted by atomic mass is 16.5. The number of nitrogen functional groups attached to an aromatic ring is 2. The third-order valence-electron chi connectivity index (χ3n) is 2.32. The molecular weight excluding hydrogens is 250 g/mol. The van der Waals surface area contributed by atoms with Crippen molar-refractivity contribution in [3.63, 3.8) is 0 Å². The van der Waals surface area contributed by atoms with Crippen molar-refractivity contribution >= 4 is 17.6 Å². The maximum atomic E-state index is 11.6. The van der Waals surface area contributed by atoms with E-state index in [-0.39, 0.29) is 18.0 Å². The zero-order valence-corrected chi connectivity index (χ0v) is 10.2. The highest BCUT2D eigenvalue weighted by molar-refractivity contribution is 5.94. The Kier molecular flexibility index (Phi) is 3.57. The van der Waals surface area contributed by atoms with Crippen molar-refractivity contribution in [1.29, 1.82) is 0 Å². The Hall–Kier alpha value is -2.68. The second-order valence-corrected chi connectivity index (χ2v) is 3.50. The molecule has 2 aromatic rings. The number of nitrogens with zero attached hydrogens (tertiary/aromatic N) is 4. The lowest BCUT2D eigenvalue weighted by Gasteiger charge is -2.04. The van der Waals surface area contributed by atoms with E-state index in [1.54, 1.807) is 19.1 Å². The first-order valence-corrected chi connectivity index (χ1v) is 5.48. The molecule has 9 nitrogen and oxygen atoms in total. The third kappa shape index (κ3) is 2.45. The number of hydrazine groups is 1. The lowest BCUT2D eigenvalue weighted by atomic mass is 10.3. The molecule has 0 aliphatic heterocycles. The summed E-state index contributed by atoms with van der Waals surface area (Å²) < 4.78 is 6.15. The quantitative estimate of drug-likeness (QED) is 0.389. The smallest absolute Gasteiger partial charge is 0.343 e. The SMILES string of the molecule is CCOC(=O)c1cnn(-c2ccc(NN)nn2)c1N. The third-order valence-corrected chi connectivity index (χ3v) is 2.32. The van der Waals surface area contributed by atoms with Crippen LogP contribution in [0.4, 0.5) is 11.6 Å². The molecule has 19 heavy (non-hydrogen) atoms. The fraction of sp³-hybridized carbons (Fsp3) is 0.200. The standard InChI is InChI=1S/C10H13N7O2/c1-2-19-10(18)6-5-13-17(9(6)11)8-4-3-7(14-12)15-16-8/h3-5H,2,11-12H2,1H3,(H,14,15). The molecule has 0 aliphatic carbocycles. The van der Waals surface area contributed by atoms with Crippen molar-refractivity contribution in [2.45, 2.75) is 6.92 Å². The lowest BCUT2D eigenvalue weighted by Crippen LogP contribution is -2.12. The van der Waals surface area contributed by atoms with Crippen molar-refractivity contribution < 1.29 is 9.53 Å². The highest BCUT2D eigenvalue weighted by Gasteiger charge is 2.17. The van der Waals surface area contributed by atoms with Crippen LogP contribution in [0.5, 0.6) is 0 Å². The summed E-state index contributed by atoms with van der Waals surface area (Å²) in [5.74, 6) is 5.57. The second kappa shape index (κ2) is 5.31. The van der Waals surface area contributed by atoms with E-state index >= 15 is 0 Å². The number of ether oxygens (including phenoxy) is 1. The minimum absolute atomic E-state index is 0.140. The van der Waals surface area contributed by atoms with Gasteiger partial charge in [-0.1, -0.05) is 0 Å². The normalized spacial score (nSPS) is 10.2. The van der Waals surface area contributed by atoms with Crippen LogP contribution in [-0.4, -0.2) is 32.6 Å². The number of anilines is 2. The van der Waals surface area contributed by atoms with Crippen LogP contribution in [0.1, 0.15) is 17.3 Å². The molecule has 0 saturated carbocycles. The van der Waals surface area contributed by atoms with Gasteiger partial charge in [-0.25, -0.2) is 10.6 Å². The van der Waals surface area contributed by atoms with E-state index in [1.807, 2.05) is 0 Å². The lowest BCUT2D eigenvalue weighted by molar-refractivity contribution is 0.0527. The van der Waals surface area contributed by atoms with E-state index in [0.717, 1.165) is 0 Å². The molecular formula is C10H13N7O2. The molecule has 0 aromatic carbocycles. The van der Waals surface area contributed by atoms with Crippen molar-refractivity contribution in [1.82, 2.24) is 20.0 Å². The fourth-order valence-corrected chi connectivity index (χ4v) is 1.42. The average Bonchev–Trinajstić information content (AvgIpc) is 2.81. The van der Waals surface area contributed by atoms with Gasteiger partial charge >= 0.3 is 5.97 Å². The van der Waals surface area contributed by atoms with Crippen LogP contribution in [0.25, 0.3) is 5.82 Å². The van der Waals surface area contributed by atoms with Crippen LogP contribution < -0.4 is 17.0 Å². The van der Waals surface area contributed by atoms with Crippen LogP contribution in [0.3, 0.4) is 0 Å². The maximum absolute atomic E-state index is 11.6. The monoisotopic (exact) mass is 263 g/mol. The predicted octanol–water partition coefficient (Wildman–Crippen LogP) is -0.293. The fourth-order valence-electron chi connectivity index (χ4n) is 1.42. The van der Waals surface area contributed by atoms with Crippen molar-refractivity contribution in [2.24, 2.45) is 5.84 Å². The minimum atomic E-state index is -0.528.